The number of alkyl halides is 2. The zero-order chi connectivity index (χ0) is 18.7. The molecule has 1 amide bonds. The number of carbonyl (C=O) groups is 2. The van der Waals surface area contributed by atoms with Gasteiger partial charge in [0.15, 0.2) is 17.3 Å². The van der Waals surface area contributed by atoms with Crippen molar-refractivity contribution in [1.29, 1.82) is 0 Å². The minimum Gasteiger partial charge on any atom is -0.454 e. The second-order valence-electron chi connectivity index (χ2n) is 5.55. The highest BCUT2D eigenvalue weighted by Crippen LogP contribution is 2.37. The summed E-state index contributed by atoms with van der Waals surface area (Å²) in [5, 5.41) is 2.67. The molecule has 0 spiro atoms. The van der Waals surface area contributed by atoms with Gasteiger partial charge >= 0.3 is 6.61 Å². The van der Waals surface area contributed by atoms with E-state index in [4.69, 9.17) is 9.47 Å². The summed E-state index contributed by atoms with van der Waals surface area (Å²) in [7, 11) is 0. The number of ether oxygens (including phenoxy) is 3. The van der Waals surface area contributed by atoms with E-state index in [1.165, 1.54) is 43.3 Å². The smallest absolute Gasteiger partial charge is 0.387 e. The van der Waals surface area contributed by atoms with E-state index in [9.17, 15) is 18.4 Å². The number of ketones is 1. The van der Waals surface area contributed by atoms with Gasteiger partial charge in [0, 0.05) is 11.6 Å². The van der Waals surface area contributed by atoms with Gasteiger partial charge in [0.05, 0.1) is 12.1 Å². The molecule has 0 bridgehead atoms. The molecule has 1 N–H and O–H groups in total. The van der Waals surface area contributed by atoms with Crippen molar-refractivity contribution in [2.45, 2.75) is 20.0 Å². The summed E-state index contributed by atoms with van der Waals surface area (Å²) in [4.78, 5) is 24.1. The van der Waals surface area contributed by atoms with E-state index in [0.717, 1.165) is 0 Å². The first-order valence-corrected chi connectivity index (χ1v) is 7.70. The molecule has 0 aliphatic carbocycles. The summed E-state index contributed by atoms with van der Waals surface area (Å²) in [6.07, 6.45) is 0.000739. The maximum Gasteiger partial charge on any atom is 0.387 e. The number of amides is 1. The summed E-state index contributed by atoms with van der Waals surface area (Å²) in [5.41, 5.74) is 1.24. The van der Waals surface area contributed by atoms with Crippen LogP contribution in [-0.4, -0.2) is 25.1 Å². The molecule has 1 aliphatic heterocycles. The lowest BCUT2D eigenvalue weighted by Crippen LogP contribution is -2.16. The monoisotopic (exact) mass is 363 g/mol. The Morgan fingerprint density at radius 2 is 1.81 bits per heavy atom. The number of nitrogens with one attached hydrogen (secondary N) is 1. The molecule has 2 aromatic rings. The van der Waals surface area contributed by atoms with Crippen molar-refractivity contribution >= 4 is 17.4 Å². The largest absolute Gasteiger partial charge is 0.454 e. The van der Waals surface area contributed by atoms with Gasteiger partial charge in [0.2, 0.25) is 12.7 Å². The van der Waals surface area contributed by atoms with Crippen molar-refractivity contribution in [2.75, 3.05) is 12.1 Å². The lowest BCUT2D eigenvalue weighted by molar-refractivity contribution is -0.115. The number of Topliss-reactive ketones (excluding diaryl/α,β-unsaturated/α-hetero) is 1. The molecule has 3 rings (SSSR count). The van der Waals surface area contributed by atoms with Crippen molar-refractivity contribution < 1.29 is 32.6 Å². The first-order chi connectivity index (χ1) is 12.4. The Balaban J connectivity index is 1.71. The molecule has 0 saturated heterocycles. The van der Waals surface area contributed by atoms with Crippen LogP contribution >= 0.6 is 0 Å². The lowest BCUT2D eigenvalue weighted by atomic mass is 10.1. The average Bonchev–Trinajstić information content (AvgIpc) is 3.02. The van der Waals surface area contributed by atoms with E-state index in [1.807, 2.05) is 0 Å². The summed E-state index contributed by atoms with van der Waals surface area (Å²) >= 11 is 0. The van der Waals surface area contributed by atoms with Gasteiger partial charge in [-0.3, -0.25) is 9.59 Å². The first-order valence-electron chi connectivity index (χ1n) is 7.70. The Kier molecular flexibility index (Phi) is 5.01. The van der Waals surface area contributed by atoms with E-state index in [0.29, 0.717) is 28.3 Å². The van der Waals surface area contributed by atoms with E-state index < -0.39 is 6.61 Å². The zero-order valence-electron chi connectivity index (χ0n) is 13.8. The molecule has 8 heteroatoms. The van der Waals surface area contributed by atoms with Crippen molar-refractivity contribution in [3.63, 3.8) is 0 Å². The number of halogens is 2. The Hall–Kier alpha value is -3.16. The maximum atomic E-state index is 12.3. The van der Waals surface area contributed by atoms with Gasteiger partial charge in [-0.1, -0.05) is 12.1 Å². The Bertz CT molecular complexity index is 836. The standard InChI is InChI=1S/C18H15F2NO5/c1-10(22)13-7-15-16(25-9-24-15)8-14(13)21-17(23)6-11-2-4-12(5-3-11)26-18(19)20/h2-5,7-8,18H,6,9H2,1H3,(H,21,23). The van der Waals surface area contributed by atoms with Crippen LogP contribution in [0.25, 0.3) is 0 Å². The van der Waals surface area contributed by atoms with Gasteiger partial charge < -0.3 is 19.5 Å². The molecule has 0 fully saturated rings. The minimum atomic E-state index is -2.90. The first kappa shape index (κ1) is 17.7. The van der Waals surface area contributed by atoms with Crippen LogP contribution in [0.15, 0.2) is 36.4 Å². The molecule has 2 aromatic carbocycles. The Labute approximate surface area is 147 Å². The van der Waals surface area contributed by atoms with E-state index in [1.54, 1.807) is 0 Å². The van der Waals surface area contributed by atoms with Crippen LogP contribution < -0.4 is 19.5 Å². The summed E-state index contributed by atoms with van der Waals surface area (Å²) in [5.74, 6) is 0.307. The van der Waals surface area contributed by atoms with Crippen molar-refractivity contribution in [1.82, 2.24) is 0 Å². The van der Waals surface area contributed by atoms with Crippen LogP contribution in [0.4, 0.5) is 14.5 Å². The zero-order valence-corrected chi connectivity index (χ0v) is 13.8. The summed E-state index contributed by atoms with van der Waals surface area (Å²) < 4.78 is 39.0. The molecule has 1 heterocycles. The van der Waals surface area contributed by atoms with Gasteiger partial charge in [-0.15, -0.1) is 0 Å². The van der Waals surface area contributed by atoms with Gasteiger partial charge in [0.1, 0.15) is 5.75 Å². The van der Waals surface area contributed by atoms with Crippen molar-refractivity contribution in [3.05, 3.63) is 47.5 Å². The minimum absolute atomic E-state index is 0.000739. The Morgan fingerprint density at radius 3 is 2.42 bits per heavy atom. The number of carbonyl (C=O) groups excluding carboxylic acids is 2. The van der Waals surface area contributed by atoms with Crippen LogP contribution in [-0.2, 0) is 11.2 Å². The van der Waals surface area contributed by atoms with Gasteiger partial charge in [-0.05, 0) is 30.7 Å². The molecule has 1 aliphatic rings. The van der Waals surface area contributed by atoms with Crippen LogP contribution in [0.2, 0.25) is 0 Å². The van der Waals surface area contributed by atoms with E-state index in [2.05, 4.69) is 10.1 Å². The van der Waals surface area contributed by atoms with Crippen LogP contribution in [0.1, 0.15) is 22.8 Å². The fourth-order valence-electron chi connectivity index (χ4n) is 2.51. The number of hydrogen-bond donors (Lipinski definition) is 1. The molecule has 6 nitrogen and oxygen atoms in total. The molecular weight excluding hydrogens is 348 g/mol. The van der Waals surface area contributed by atoms with Crippen LogP contribution in [0.5, 0.6) is 17.2 Å². The highest BCUT2D eigenvalue weighted by Gasteiger charge is 2.20. The summed E-state index contributed by atoms with van der Waals surface area (Å²) in [6.45, 7) is -1.47. The number of anilines is 1. The number of hydrogen-bond acceptors (Lipinski definition) is 5. The van der Waals surface area contributed by atoms with Crippen LogP contribution in [0, 0.1) is 0 Å². The molecule has 136 valence electrons. The van der Waals surface area contributed by atoms with Gasteiger partial charge in [-0.25, -0.2) is 0 Å². The second kappa shape index (κ2) is 7.38. The molecule has 0 saturated carbocycles. The predicted molar refractivity (Wildman–Crippen MR) is 88.0 cm³/mol. The molecule has 0 radical (unpaired) electrons. The number of rotatable bonds is 6. The van der Waals surface area contributed by atoms with Crippen molar-refractivity contribution in [2.24, 2.45) is 0 Å². The van der Waals surface area contributed by atoms with Crippen molar-refractivity contribution in [3.8, 4) is 17.2 Å². The Morgan fingerprint density at radius 1 is 1.15 bits per heavy atom. The third kappa shape index (κ3) is 4.08. The number of fused-ring (bicyclic) bond motifs is 1. The number of benzene rings is 2. The fraction of sp³-hybridized carbons (Fsp3) is 0.222. The molecule has 26 heavy (non-hydrogen) atoms. The topological polar surface area (TPSA) is 73.9 Å². The third-order valence-electron chi connectivity index (χ3n) is 3.68. The maximum absolute atomic E-state index is 12.3. The molecule has 0 atom stereocenters. The molecule has 0 unspecified atom stereocenters. The predicted octanol–water partition coefficient (Wildman–Crippen LogP) is 3.40. The lowest BCUT2D eigenvalue weighted by Gasteiger charge is -2.11. The van der Waals surface area contributed by atoms with E-state index in [-0.39, 0.29) is 30.7 Å². The fourth-order valence-corrected chi connectivity index (χ4v) is 2.51. The van der Waals surface area contributed by atoms with Gasteiger partial charge in [-0.2, -0.15) is 8.78 Å². The normalized spacial score (nSPS) is 12.2. The van der Waals surface area contributed by atoms with Gasteiger partial charge in [0.25, 0.3) is 0 Å². The highest BCUT2D eigenvalue weighted by molar-refractivity contribution is 6.04. The average molecular weight is 363 g/mol. The second-order valence-corrected chi connectivity index (χ2v) is 5.55. The van der Waals surface area contributed by atoms with E-state index >= 15 is 0 Å². The SMILES string of the molecule is CC(=O)c1cc2c(cc1NC(=O)Cc1ccc(OC(F)F)cc1)OCO2. The molecule has 0 aromatic heterocycles. The third-order valence-corrected chi connectivity index (χ3v) is 3.68. The summed E-state index contributed by atoms with van der Waals surface area (Å²) in [6, 6.07) is 8.81. The quantitative estimate of drug-likeness (QED) is 0.797. The molecular formula is C18H15F2NO5. The highest BCUT2D eigenvalue weighted by atomic mass is 19.3. The van der Waals surface area contributed by atoms with Crippen LogP contribution in [0.3, 0.4) is 0 Å².